The van der Waals surface area contributed by atoms with Crippen LogP contribution >= 0.6 is 0 Å². The van der Waals surface area contributed by atoms with E-state index < -0.39 is 17.8 Å². The second kappa shape index (κ2) is 8.26. The van der Waals surface area contributed by atoms with Crippen LogP contribution in [-0.4, -0.2) is 35.5 Å². The number of nitrogens with zero attached hydrogens (tertiary/aromatic N) is 1. The van der Waals surface area contributed by atoms with E-state index in [1.54, 1.807) is 0 Å². The van der Waals surface area contributed by atoms with Crippen molar-refractivity contribution in [1.29, 1.82) is 0 Å². The van der Waals surface area contributed by atoms with Crippen LogP contribution in [0.5, 0.6) is 0 Å². The van der Waals surface area contributed by atoms with E-state index in [2.05, 4.69) is 10.3 Å². The van der Waals surface area contributed by atoms with E-state index in [1.807, 2.05) is 0 Å². The van der Waals surface area contributed by atoms with Gasteiger partial charge in [0.1, 0.15) is 19.3 Å². The molecule has 0 aromatic carbocycles. The first-order chi connectivity index (χ1) is 11.0. The maximum absolute atomic E-state index is 12.0. The van der Waals surface area contributed by atoms with E-state index in [4.69, 9.17) is 9.47 Å². The fraction of sp³-hybridized carbons (Fsp3) is 0.500. The Morgan fingerprint density at radius 1 is 1.30 bits per heavy atom. The summed E-state index contributed by atoms with van der Waals surface area (Å²) in [6.45, 7) is 1.13. The summed E-state index contributed by atoms with van der Waals surface area (Å²) in [4.78, 5) is 38.5. The third-order valence-electron chi connectivity index (χ3n) is 3.50. The fourth-order valence-corrected chi connectivity index (χ4v) is 2.36. The molecule has 124 valence electrons. The molecule has 0 aliphatic heterocycles. The molecule has 7 heteroatoms. The van der Waals surface area contributed by atoms with Crippen molar-refractivity contribution in [2.45, 2.75) is 45.3 Å². The molecule has 0 spiro atoms. The monoisotopic (exact) mass is 320 g/mol. The molecule has 1 aromatic rings. The van der Waals surface area contributed by atoms with Crippen molar-refractivity contribution in [1.82, 2.24) is 10.3 Å². The lowest BCUT2D eigenvalue weighted by Crippen LogP contribution is -2.32. The average molecular weight is 320 g/mol. The maximum Gasteiger partial charge on any atom is 0.325 e. The maximum atomic E-state index is 12.0. The molecule has 0 saturated heterocycles. The number of carbonyl (C=O) groups excluding carboxylic acids is 3. The zero-order chi connectivity index (χ0) is 16.7. The summed E-state index contributed by atoms with van der Waals surface area (Å²) in [5, 5.41) is 2.52. The van der Waals surface area contributed by atoms with Crippen LogP contribution in [0, 0.1) is 0 Å². The Bertz CT molecular complexity index is 582. The number of amides is 1. The Kier molecular flexibility index (Phi) is 6.08. The van der Waals surface area contributed by atoms with Crippen LogP contribution in [0.15, 0.2) is 18.3 Å². The highest BCUT2D eigenvalue weighted by atomic mass is 16.5. The molecule has 2 rings (SSSR count). The van der Waals surface area contributed by atoms with Gasteiger partial charge in [0, 0.05) is 18.7 Å². The van der Waals surface area contributed by atoms with Crippen LogP contribution < -0.4 is 5.32 Å². The molecule has 1 amide bonds. The highest BCUT2D eigenvalue weighted by molar-refractivity contribution is 5.95. The minimum atomic E-state index is -0.431. The molecular weight excluding hydrogens is 300 g/mol. The molecular formula is C16H20N2O5. The van der Waals surface area contributed by atoms with Gasteiger partial charge in [-0.1, -0.05) is 0 Å². The van der Waals surface area contributed by atoms with E-state index in [-0.39, 0.29) is 19.3 Å². The van der Waals surface area contributed by atoms with Crippen molar-refractivity contribution < 1.29 is 23.9 Å². The topological polar surface area (TPSA) is 94.6 Å². The summed E-state index contributed by atoms with van der Waals surface area (Å²) >= 11 is 0. The lowest BCUT2D eigenvalue weighted by molar-refractivity contribution is -0.147. The minimum absolute atomic E-state index is 0.000174. The molecule has 1 aliphatic rings. The first-order valence-electron chi connectivity index (χ1n) is 7.60. The van der Waals surface area contributed by atoms with Crippen molar-refractivity contribution in [3.8, 4) is 0 Å². The Balaban J connectivity index is 1.81. The number of aromatic nitrogens is 1. The van der Waals surface area contributed by atoms with Crippen LogP contribution in [0.2, 0.25) is 0 Å². The quantitative estimate of drug-likeness (QED) is 0.795. The summed E-state index contributed by atoms with van der Waals surface area (Å²) in [7, 11) is 0. The van der Waals surface area contributed by atoms with E-state index in [1.165, 1.54) is 25.3 Å². The van der Waals surface area contributed by atoms with Crippen molar-refractivity contribution in [2.24, 2.45) is 0 Å². The van der Waals surface area contributed by atoms with Crippen molar-refractivity contribution >= 4 is 17.8 Å². The van der Waals surface area contributed by atoms with Gasteiger partial charge < -0.3 is 14.8 Å². The first-order valence-corrected chi connectivity index (χ1v) is 7.60. The molecule has 1 N–H and O–H groups in total. The minimum Gasteiger partial charge on any atom is -0.461 e. The van der Waals surface area contributed by atoms with Crippen molar-refractivity contribution in [2.75, 3.05) is 6.54 Å². The Morgan fingerprint density at radius 2 is 2.04 bits per heavy atom. The predicted octanol–water partition coefficient (Wildman–Crippen LogP) is 1.36. The van der Waals surface area contributed by atoms with Gasteiger partial charge in [-0.25, -0.2) is 0 Å². The highest BCUT2D eigenvalue weighted by Crippen LogP contribution is 2.20. The number of ether oxygens (including phenoxy) is 2. The molecule has 0 radical (unpaired) electrons. The molecule has 0 unspecified atom stereocenters. The van der Waals surface area contributed by atoms with E-state index in [0.717, 1.165) is 25.7 Å². The van der Waals surface area contributed by atoms with Crippen LogP contribution in [0.4, 0.5) is 0 Å². The SMILES string of the molecule is CC(=O)OCc1cc(C(=O)NCC(=O)OC2CCCC2)ccn1. The number of carbonyl (C=O) groups is 3. The molecule has 0 bridgehead atoms. The van der Waals surface area contributed by atoms with Crippen LogP contribution in [-0.2, 0) is 25.7 Å². The highest BCUT2D eigenvalue weighted by Gasteiger charge is 2.19. The number of rotatable bonds is 6. The standard InChI is InChI=1S/C16H20N2O5/c1-11(19)22-10-13-8-12(6-7-17-13)16(21)18-9-15(20)23-14-4-2-3-5-14/h6-8,14H,2-5,9-10H2,1H3,(H,18,21). The Labute approximate surface area is 134 Å². The largest absolute Gasteiger partial charge is 0.461 e. The number of hydrogen-bond donors (Lipinski definition) is 1. The molecule has 1 fully saturated rings. The van der Waals surface area contributed by atoms with Crippen molar-refractivity contribution in [3.63, 3.8) is 0 Å². The Morgan fingerprint density at radius 3 is 2.74 bits per heavy atom. The van der Waals surface area contributed by atoms with Gasteiger partial charge >= 0.3 is 11.9 Å². The van der Waals surface area contributed by atoms with E-state index in [9.17, 15) is 14.4 Å². The fourth-order valence-electron chi connectivity index (χ4n) is 2.36. The van der Waals surface area contributed by atoms with E-state index in [0.29, 0.717) is 11.3 Å². The summed E-state index contributed by atoms with van der Waals surface area (Å²) in [6, 6.07) is 3.04. The van der Waals surface area contributed by atoms with Gasteiger partial charge in [-0.2, -0.15) is 0 Å². The number of pyridine rings is 1. The predicted molar refractivity (Wildman–Crippen MR) is 80.4 cm³/mol. The smallest absolute Gasteiger partial charge is 0.325 e. The number of esters is 2. The van der Waals surface area contributed by atoms with Gasteiger partial charge in [-0.15, -0.1) is 0 Å². The summed E-state index contributed by atoms with van der Waals surface area (Å²) in [5.74, 6) is -1.25. The summed E-state index contributed by atoms with van der Waals surface area (Å²) < 4.78 is 10.1. The van der Waals surface area contributed by atoms with E-state index >= 15 is 0 Å². The van der Waals surface area contributed by atoms with Gasteiger partial charge in [0.05, 0.1) is 5.69 Å². The van der Waals surface area contributed by atoms with Gasteiger partial charge in [0.2, 0.25) is 0 Å². The van der Waals surface area contributed by atoms with Crippen molar-refractivity contribution in [3.05, 3.63) is 29.6 Å². The van der Waals surface area contributed by atoms with Crippen LogP contribution in [0.3, 0.4) is 0 Å². The molecule has 23 heavy (non-hydrogen) atoms. The van der Waals surface area contributed by atoms with Gasteiger partial charge in [0.25, 0.3) is 5.91 Å². The third kappa shape index (κ3) is 5.69. The number of hydrogen-bond acceptors (Lipinski definition) is 6. The molecule has 1 aromatic heterocycles. The lowest BCUT2D eigenvalue weighted by atomic mass is 10.2. The zero-order valence-corrected chi connectivity index (χ0v) is 13.0. The number of nitrogens with one attached hydrogen (secondary N) is 1. The van der Waals surface area contributed by atoms with Crippen LogP contribution in [0.1, 0.15) is 48.7 Å². The van der Waals surface area contributed by atoms with Crippen LogP contribution in [0.25, 0.3) is 0 Å². The zero-order valence-electron chi connectivity index (χ0n) is 13.0. The molecule has 1 saturated carbocycles. The molecule has 1 aliphatic carbocycles. The van der Waals surface area contributed by atoms with Gasteiger partial charge in [-0.05, 0) is 37.8 Å². The summed E-state index contributed by atoms with van der Waals surface area (Å²) in [6.07, 6.45) is 5.37. The molecule has 1 heterocycles. The molecule has 0 atom stereocenters. The lowest BCUT2D eigenvalue weighted by Gasteiger charge is -2.11. The Hall–Kier alpha value is -2.44. The molecule has 7 nitrogen and oxygen atoms in total. The first kappa shape index (κ1) is 16.9. The second-order valence-corrected chi connectivity index (χ2v) is 5.40. The summed E-state index contributed by atoms with van der Waals surface area (Å²) in [5.41, 5.74) is 0.803. The average Bonchev–Trinajstić information content (AvgIpc) is 3.03. The van der Waals surface area contributed by atoms with Gasteiger partial charge in [0.15, 0.2) is 0 Å². The third-order valence-corrected chi connectivity index (χ3v) is 3.50. The van der Waals surface area contributed by atoms with Gasteiger partial charge in [-0.3, -0.25) is 19.4 Å². The normalized spacial score (nSPS) is 14.3. The second-order valence-electron chi connectivity index (χ2n) is 5.40.